The summed E-state index contributed by atoms with van der Waals surface area (Å²) >= 11 is 0. The molecule has 1 heterocycles. The Balaban J connectivity index is 2.12. The number of hydrogen-bond acceptors (Lipinski definition) is 2. The van der Waals surface area contributed by atoms with Crippen molar-refractivity contribution in [2.75, 3.05) is 7.05 Å². The zero-order valence-electron chi connectivity index (χ0n) is 13.6. The monoisotopic (exact) mass is 267 g/mol. The van der Waals surface area contributed by atoms with E-state index in [-0.39, 0.29) is 11.2 Å². The van der Waals surface area contributed by atoms with Gasteiger partial charge in [0.2, 0.25) is 0 Å². The van der Waals surface area contributed by atoms with Crippen molar-refractivity contribution in [2.24, 2.45) is 11.8 Å². The summed E-state index contributed by atoms with van der Waals surface area (Å²) in [6.45, 7) is 9.06. The molecule has 1 aliphatic carbocycles. The molecule has 1 saturated heterocycles. The topological polar surface area (TPSA) is 21.3 Å². The van der Waals surface area contributed by atoms with Gasteiger partial charge in [0, 0.05) is 12.0 Å². The highest BCUT2D eigenvalue weighted by Gasteiger charge is 2.50. The third kappa shape index (κ3) is 3.52. The molecule has 1 N–H and O–H groups in total. The minimum atomic E-state index is 0.00345. The van der Waals surface area contributed by atoms with Gasteiger partial charge in [-0.3, -0.25) is 0 Å². The molecule has 112 valence electrons. The molecule has 0 amide bonds. The van der Waals surface area contributed by atoms with Crippen LogP contribution in [-0.2, 0) is 4.74 Å². The first-order valence-electron chi connectivity index (χ1n) is 8.23. The number of nitrogens with one attached hydrogen (secondary N) is 1. The lowest BCUT2D eigenvalue weighted by Crippen LogP contribution is -2.47. The summed E-state index contributed by atoms with van der Waals surface area (Å²) in [6, 6.07) is 0.620. The summed E-state index contributed by atoms with van der Waals surface area (Å²) in [6.07, 6.45) is 9.69. The zero-order chi connectivity index (χ0) is 14.1. The van der Waals surface area contributed by atoms with E-state index in [9.17, 15) is 0 Å². The second-order valence-electron chi connectivity index (χ2n) is 7.84. The van der Waals surface area contributed by atoms with Gasteiger partial charge in [-0.25, -0.2) is 0 Å². The van der Waals surface area contributed by atoms with Gasteiger partial charge in [0.15, 0.2) is 0 Å². The molecule has 2 fully saturated rings. The largest absolute Gasteiger partial charge is 0.369 e. The van der Waals surface area contributed by atoms with Crippen LogP contribution in [0.15, 0.2) is 0 Å². The summed E-state index contributed by atoms with van der Waals surface area (Å²) in [5.74, 6) is 1.48. The van der Waals surface area contributed by atoms with Crippen molar-refractivity contribution in [1.29, 1.82) is 0 Å². The lowest BCUT2D eigenvalue weighted by molar-refractivity contribution is -0.0796. The van der Waals surface area contributed by atoms with Crippen molar-refractivity contribution in [3.63, 3.8) is 0 Å². The van der Waals surface area contributed by atoms with Crippen molar-refractivity contribution >= 4 is 0 Å². The fraction of sp³-hybridized carbons (Fsp3) is 1.00. The summed E-state index contributed by atoms with van der Waals surface area (Å²) in [5.41, 5.74) is 0.0392. The summed E-state index contributed by atoms with van der Waals surface area (Å²) in [7, 11) is 2.15. The fourth-order valence-corrected chi connectivity index (χ4v) is 4.60. The van der Waals surface area contributed by atoms with Gasteiger partial charge in [-0.15, -0.1) is 0 Å². The van der Waals surface area contributed by atoms with Gasteiger partial charge in [-0.2, -0.15) is 0 Å². The fourth-order valence-electron chi connectivity index (χ4n) is 4.60. The second kappa shape index (κ2) is 5.73. The SMILES string of the molecule is CNC(C1CCCCCC1)C1CC(C)(C)OC1(C)C. The Morgan fingerprint density at radius 2 is 1.58 bits per heavy atom. The molecule has 2 rings (SSSR count). The Kier molecular flexibility index (Phi) is 4.62. The van der Waals surface area contributed by atoms with E-state index in [1.807, 2.05) is 0 Å². The van der Waals surface area contributed by atoms with Crippen LogP contribution in [0.4, 0.5) is 0 Å². The van der Waals surface area contributed by atoms with Gasteiger partial charge < -0.3 is 10.1 Å². The van der Waals surface area contributed by atoms with Crippen LogP contribution in [0.3, 0.4) is 0 Å². The van der Waals surface area contributed by atoms with E-state index >= 15 is 0 Å². The minimum Gasteiger partial charge on any atom is -0.369 e. The molecule has 0 aromatic rings. The molecule has 0 aromatic heterocycles. The molecule has 2 aliphatic rings. The van der Waals surface area contributed by atoms with Crippen LogP contribution in [0.2, 0.25) is 0 Å². The first-order chi connectivity index (χ1) is 8.86. The molecule has 1 aliphatic heterocycles. The molecule has 2 heteroatoms. The molecule has 2 nitrogen and oxygen atoms in total. The van der Waals surface area contributed by atoms with E-state index in [0.717, 1.165) is 5.92 Å². The molecule has 0 spiro atoms. The van der Waals surface area contributed by atoms with E-state index < -0.39 is 0 Å². The molecular formula is C17H33NO. The Hall–Kier alpha value is -0.0800. The van der Waals surface area contributed by atoms with Crippen LogP contribution in [0.5, 0.6) is 0 Å². The third-order valence-corrected chi connectivity index (χ3v) is 5.32. The van der Waals surface area contributed by atoms with Crippen LogP contribution in [0.1, 0.15) is 72.6 Å². The number of ether oxygens (including phenoxy) is 1. The maximum Gasteiger partial charge on any atom is 0.0677 e. The molecule has 0 bridgehead atoms. The zero-order valence-corrected chi connectivity index (χ0v) is 13.6. The van der Waals surface area contributed by atoms with E-state index in [4.69, 9.17) is 4.74 Å². The molecular weight excluding hydrogens is 234 g/mol. The molecule has 2 unspecified atom stereocenters. The van der Waals surface area contributed by atoms with Crippen LogP contribution < -0.4 is 5.32 Å². The lowest BCUT2D eigenvalue weighted by atomic mass is 9.74. The molecule has 2 atom stereocenters. The van der Waals surface area contributed by atoms with E-state index in [1.165, 1.54) is 44.9 Å². The van der Waals surface area contributed by atoms with Crippen molar-refractivity contribution in [3.05, 3.63) is 0 Å². The summed E-state index contributed by atoms with van der Waals surface area (Å²) < 4.78 is 6.31. The lowest BCUT2D eigenvalue weighted by Gasteiger charge is -2.37. The highest BCUT2D eigenvalue weighted by Crippen LogP contribution is 2.46. The third-order valence-electron chi connectivity index (χ3n) is 5.32. The number of hydrogen-bond donors (Lipinski definition) is 1. The smallest absolute Gasteiger partial charge is 0.0677 e. The Morgan fingerprint density at radius 3 is 2.00 bits per heavy atom. The molecule has 1 saturated carbocycles. The molecule has 0 aromatic carbocycles. The summed E-state index contributed by atoms with van der Waals surface area (Å²) in [4.78, 5) is 0. The molecule has 19 heavy (non-hydrogen) atoms. The Bertz CT molecular complexity index is 290. The maximum absolute atomic E-state index is 6.31. The summed E-state index contributed by atoms with van der Waals surface area (Å²) in [5, 5.41) is 3.65. The van der Waals surface area contributed by atoms with Gasteiger partial charge in [-0.05, 0) is 59.9 Å². The number of rotatable bonds is 3. The first kappa shape index (κ1) is 15.3. The van der Waals surface area contributed by atoms with Crippen molar-refractivity contribution in [3.8, 4) is 0 Å². The Morgan fingerprint density at radius 1 is 1.00 bits per heavy atom. The maximum atomic E-state index is 6.31. The van der Waals surface area contributed by atoms with Gasteiger partial charge in [-0.1, -0.05) is 25.7 Å². The van der Waals surface area contributed by atoms with Gasteiger partial charge in [0.1, 0.15) is 0 Å². The van der Waals surface area contributed by atoms with Crippen LogP contribution in [-0.4, -0.2) is 24.3 Å². The Labute approximate surface area is 119 Å². The van der Waals surface area contributed by atoms with E-state index in [1.54, 1.807) is 0 Å². The highest BCUT2D eigenvalue weighted by atomic mass is 16.5. The second-order valence-corrected chi connectivity index (χ2v) is 7.84. The van der Waals surface area contributed by atoms with Gasteiger partial charge in [0.05, 0.1) is 11.2 Å². The molecule has 0 radical (unpaired) electrons. The first-order valence-corrected chi connectivity index (χ1v) is 8.23. The van der Waals surface area contributed by atoms with Crippen LogP contribution in [0.25, 0.3) is 0 Å². The highest BCUT2D eigenvalue weighted by molar-refractivity contribution is 5.01. The van der Waals surface area contributed by atoms with Gasteiger partial charge in [0.25, 0.3) is 0 Å². The van der Waals surface area contributed by atoms with Crippen molar-refractivity contribution in [2.45, 2.75) is 89.9 Å². The average molecular weight is 267 g/mol. The quantitative estimate of drug-likeness (QED) is 0.776. The van der Waals surface area contributed by atoms with Crippen LogP contribution in [0, 0.1) is 11.8 Å². The van der Waals surface area contributed by atoms with Crippen LogP contribution >= 0.6 is 0 Å². The van der Waals surface area contributed by atoms with E-state index in [2.05, 4.69) is 40.1 Å². The predicted molar refractivity (Wildman–Crippen MR) is 81.4 cm³/mol. The average Bonchev–Trinajstić information content (AvgIpc) is 2.49. The van der Waals surface area contributed by atoms with Crippen molar-refractivity contribution in [1.82, 2.24) is 5.32 Å². The minimum absolute atomic E-state index is 0.00345. The van der Waals surface area contributed by atoms with Crippen molar-refractivity contribution < 1.29 is 4.74 Å². The normalized spacial score (nSPS) is 33.0. The van der Waals surface area contributed by atoms with Gasteiger partial charge >= 0.3 is 0 Å². The standard InChI is InChI=1S/C17H33NO/c1-16(2)12-14(17(3,4)19-16)15(18-5)13-10-8-6-7-9-11-13/h13-15,18H,6-12H2,1-5H3. The predicted octanol–water partition coefficient (Wildman–Crippen LogP) is 4.14. The van der Waals surface area contributed by atoms with E-state index in [0.29, 0.717) is 12.0 Å².